The monoisotopic (exact) mass is 413 g/mol. The van der Waals surface area contributed by atoms with Crippen molar-refractivity contribution in [1.29, 1.82) is 0 Å². The average Bonchev–Trinajstić information content (AvgIpc) is 3.33. The van der Waals surface area contributed by atoms with E-state index in [9.17, 15) is 4.79 Å². The van der Waals surface area contributed by atoms with Crippen molar-refractivity contribution in [1.82, 2.24) is 4.98 Å². The van der Waals surface area contributed by atoms with Crippen molar-refractivity contribution in [3.63, 3.8) is 0 Å². The molecule has 152 valence electrons. The minimum Gasteiger partial charge on any atom is -0.489 e. The Bertz CT molecular complexity index is 1040. The molecule has 1 aliphatic heterocycles. The van der Waals surface area contributed by atoms with Gasteiger partial charge in [-0.25, -0.2) is 0 Å². The van der Waals surface area contributed by atoms with Gasteiger partial charge in [-0.15, -0.1) is 0 Å². The summed E-state index contributed by atoms with van der Waals surface area (Å²) in [6, 6.07) is 12.2. The highest BCUT2D eigenvalue weighted by atomic mass is 35.5. The number of fused-ring (bicyclic) bond motifs is 1. The van der Waals surface area contributed by atoms with E-state index >= 15 is 0 Å². The molecule has 0 spiro atoms. The summed E-state index contributed by atoms with van der Waals surface area (Å²) >= 11 is 6.44. The summed E-state index contributed by atoms with van der Waals surface area (Å²) in [4.78, 5) is 14.0. The Kier molecular flexibility index (Phi) is 5.79. The number of carboxylic acids is 1. The molecule has 1 fully saturated rings. The summed E-state index contributed by atoms with van der Waals surface area (Å²) in [5.41, 5.74) is 5.37. The van der Waals surface area contributed by atoms with Crippen molar-refractivity contribution in [2.45, 2.75) is 38.7 Å². The molecule has 3 aromatic rings. The number of benzene rings is 2. The van der Waals surface area contributed by atoms with E-state index in [0.29, 0.717) is 24.0 Å². The maximum absolute atomic E-state index is 10.8. The van der Waals surface area contributed by atoms with Gasteiger partial charge < -0.3 is 19.6 Å². The van der Waals surface area contributed by atoms with Gasteiger partial charge in [0.2, 0.25) is 0 Å². The predicted molar refractivity (Wildman–Crippen MR) is 113 cm³/mol. The molecular weight excluding hydrogens is 390 g/mol. The molecule has 2 N–H and O–H groups in total. The fraction of sp³-hybridized carbons (Fsp3) is 0.348. The first-order valence-electron chi connectivity index (χ1n) is 9.83. The van der Waals surface area contributed by atoms with E-state index in [0.717, 1.165) is 47.5 Å². The van der Waals surface area contributed by atoms with E-state index in [1.165, 1.54) is 11.1 Å². The number of nitrogens with one attached hydrogen (secondary N) is 1. The Morgan fingerprint density at radius 1 is 1.31 bits per heavy atom. The lowest BCUT2D eigenvalue weighted by Crippen LogP contribution is -2.02. The fourth-order valence-electron chi connectivity index (χ4n) is 3.92. The molecule has 1 aromatic heterocycles. The number of hydrogen-bond donors (Lipinski definition) is 2. The molecule has 2 heterocycles. The molecule has 1 atom stereocenters. The van der Waals surface area contributed by atoms with Gasteiger partial charge in [-0.3, -0.25) is 4.79 Å². The van der Waals surface area contributed by atoms with Crippen LogP contribution in [0, 0.1) is 6.92 Å². The van der Waals surface area contributed by atoms with Gasteiger partial charge in [0, 0.05) is 29.1 Å². The van der Waals surface area contributed by atoms with Gasteiger partial charge in [0.1, 0.15) is 12.4 Å². The maximum Gasteiger partial charge on any atom is 0.303 e. The Morgan fingerprint density at radius 2 is 2.17 bits per heavy atom. The normalized spacial score (nSPS) is 16.4. The van der Waals surface area contributed by atoms with Crippen molar-refractivity contribution in [3.05, 3.63) is 63.8 Å². The number of carboxylic acid groups (broad SMARTS) is 1. The quantitative estimate of drug-likeness (QED) is 0.556. The van der Waals surface area contributed by atoms with Crippen LogP contribution in [0.2, 0.25) is 5.02 Å². The third kappa shape index (κ3) is 4.41. The standard InChI is InChI=1S/C23H24ClNO4/c1-14-10-15(2-4-18(14)16-8-9-28-13-16)12-29-17-3-5-20-19(11-17)23(24)21(25-20)6-7-22(26)27/h2-5,10-11,16,25H,6-9,12-13H2,1H3,(H,26,27). The molecule has 0 amide bonds. The van der Waals surface area contributed by atoms with Crippen LogP contribution in [-0.4, -0.2) is 29.3 Å². The number of ether oxygens (including phenoxy) is 2. The van der Waals surface area contributed by atoms with Crippen LogP contribution in [0.4, 0.5) is 0 Å². The van der Waals surface area contributed by atoms with E-state index in [-0.39, 0.29) is 6.42 Å². The number of rotatable bonds is 7. The van der Waals surface area contributed by atoms with E-state index in [2.05, 4.69) is 30.1 Å². The van der Waals surface area contributed by atoms with Gasteiger partial charge in [0.05, 0.1) is 18.1 Å². The molecule has 0 aliphatic carbocycles. The van der Waals surface area contributed by atoms with Crippen molar-refractivity contribution >= 4 is 28.5 Å². The molecule has 2 aromatic carbocycles. The van der Waals surface area contributed by atoms with E-state index in [1.54, 1.807) is 0 Å². The lowest BCUT2D eigenvalue weighted by atomic mass is 9.93. The highest BCUT2D eigenvalue weighted by Crippen LogP contribution is 2.32. The minimum atomic E-state index is -0.842. The SMILES string of the molecule is Cc1cc(COc2ccc3[nH]c(CCC(=O)O)c(Cl)c3c2)ccc1C1CCOC1. The second-order valence-corrected chi connectivity index (χ2v) is 7.94. The fourth-order valence-corrected chi connectivity index (χ4v) is 4.22. The first-order valence-corrected chi connectivity index (χ1v) is 10.2. The first kappa shape index (κ1) is 19.8. The van der Waals surface area contributed by atoms with E-state index in [1.807, 2.05) is 18.2 Å². The van der Waals surface area contributed by atoms with Crippen LogP contribution >= 0.6 is 11.6 Å². The molecule has 4 rings (SSSR count). The summed E-state index contributed by atoms with van der Waals surface area (Å²) in [7, 11) is 0. The lowest BCUT2D eigenvalue weighted by molar-refractivity contribution is -0.136. The van der Waals surface area contributed by atoms with Gasteiger partial charge in [-0.2, -0.15) is 0 Å². The molecule has 6 heteroatoms. The molecule has 1 aliphatic rings. The molecule has 0 radical (unpaired) electrons. The first-order chi connectivity index (χ1) is 14.0. The second-order valence-electron chi connectivity index (χ2n) is 7.56. The van der Waals surface area contributed by atoms with Crippen LogP contribution in [0.5, 0.6) is 5.75 Å². The second kappa shape index (κ2) is 8.47. The number of aliphatic carboxylic acids is 1. The zero-order valence-electron chi connectivity index (χ0n) is 16.3. The van der Waals surface area contributed by atoms with Crippen LogP contribution in [0.1, 0.15) is 41.1 Å². The Balaban J connectivity index is 1.46. The summed E-state index contributed by atoms with van der Waals surface area (Å²) < 4.78 is 11.5. The summed E-state index contributed by atoms with van der Waals surface area (Å²) in [5, 5.41) is 10.3. The Hall–Kier alpha value is -2.50. The number of H-pyrrole nitrogens is 1. The number of aromatic amines is 1. The van der Waals surface area contributed by atoms with Crippen molar-refractivity contribution in [3.8, 4) is 5.75 Å². The largest absolute Gasteiger partial charge is 0.489 e. The zero-order chi connectivity index (χ0) is 20.4. The number of hydrogen-bond acceptors (Lipinski definition) is 3. The smallest absolute Gasteiger partial charge is 0.303 e. The van der Waals surface area contributed by atoms with Crippen molar-refractivity contribution in [2.24, 2.45) is 0 Å². The summed E-state index contributed by atoms with van der Waals surface area (Å²) in [6.07, 6.45) is 1.50. The number of carbonyl (C=O) groups is 1. The Morgan fingerprint density at radius 3 is 2.90 bits per heavy atom. The molecule has 5 nitrogen and oxygen atoms in total. The zero-order valence-corrected chi connectivity index (χ0v) is 17.1. The maximum atomic E-state index is 10.8. The van der Waals surface area contributed by atoms with Crippen molar-refractivity contribution < 1.29 is 19.4 Å². The third-order valence-corrected chi connectivity index (χ3v) is 5.91. The predicted octanol–water partition coefficient (Wildman–Crippen LogP) is 5.23. The van der Waals surface area contributed by atoms with Crippen LogP contribution in [0.3, 0.4) is 0 Å². The van der Waals surface area contributed by atoms with E-state index < -0.39 is 5.97 Å². The van der Waals surface area contributed by atoms with Gasteiger partial charge in [0.25, 0.3) is 0 Å². The number of aryl methyl sites for hydroxylation is 2. The van der Waals surface area contributed by atoms with Crippen LogP contribution in [-0.2, 0) is 22.6 Å². The lowest BCUT2D eigenvalue weighted by Gasteiger charge is -2.14. The van der Waals surface area contributed by atoms with E-state index in [4.69, 9.17) is 26.2 Å². The molecule has 0 bridgehead atoms. The average molecular weight is 414 g/mol. The highest BCUT2D eigenvalue weighted by Gasteiger charge is 2.19. The highest BCUT2D eigenvalue weighted by molar-refractivity contribution is 6.36. The van der Waals surface area contributed by atoms with Gasteiger partial charge >= 0.3 is 5.97 Å². The minimum absolute atomic E-state index is 0.0399. The molecule has 1 unspecified atom stereocenters. The number of halogens is 1. The van der Waals surface area contributed by atoms with Gasteiger partial charge in [-0.05, 0) is 54.7 Å². The molecular formula is C23H24ClNO4. The summed E-state index contributed by atoms with van der Waals surface area (Å²) in [6.45, 7) is 4.27. The van der Waals surface area contributed by atoms with Gasteiger partial charge in [-0.1, -0.05) is 29.8 Å². The third-order valence-electron chi connectivity index (χ3n) is 5.48. The van der Waals surface area contributed by atoms with Crippen LogP contribution in [0.15, 0.2) is 36.4 Å². The molecule has 1 saturated heterocycles. The van der Waals surface area contributed by atoms with Crippen LogP contribution in [0.25, 0.3) is 10.9 Å². The molecule has 29 heavy (non-hydrogen) atoms. The Labute approximate surface area is 174 Å². The molecule has 0 saturated carbocycles. The van der Waals surface area contributed by atoms with Gasteiger partial charge in [0.15, 0.2) is 0 Å². The topological polar surface area (TPSA) is 71.6 Å². The van der Waals surface area contributed by atoms with Crippen molar-refractivity contribution in [2.75, 3.05) is 13.2 Å². The summed E-state index contributed by atoms with van der Waals surface area (Å²) in [5.74, 6) is 0.387. The van der Waals surface area contributed by atoms with Crippen LogP contribution < -0.4 is 4.74 Å². The number of aromatic nitrogens is 1.